The van der Waals surface area contributed by atoms with Crippen LogP contribution in [0.25, 0.3) is 6.08 Å². The van der Waals surface area contributed by atoms with Crippen molar-refractivity contribution in [2.24, 2.45) is 0 Å². The van der Waals surface area contributed by atoms with Crippen LogP contribution >= 0.6 is 0 Å². The Bertz CT molecular complexity index is 432. The Balaban J connectivity index is 2.35. The molecule has 1 saturated carbocycles. The normalized spacial score (nSPS) is 14.6. The standard InChI is InChI=1S/C14H17NO/c1-4-12-10(2)6-5-7-13(12)14(16)15(3)11-8-9-11/h4-7,11H,1,8-9H2,2-3H3. The molecule has 0 heterocycles. The van der Waals surface area contributed by atoms with Crippen LogP contribution in [-0.2, 0) is 0 Å². The third-order valence-electron chi connectivity index (χ3n) is 3.17. The van der Waals surface area contributed by atoms with Gasteiger partial charge in [-0.25, -0.2) is 0 Å². The van der Waals surface area contributed by atoms with E-state index in [4.69, 9.17) is 0 Å². The quantitative estimate of drug-likeness (QED) is 0.759. The van der Waals surface area contributed by atoms with Crippen LogP contribution in [0.2, 0.25) is 0 Å². The maximum Gasteiger partial charge on any atom is 0.254 e. The fourth-order valence-corrected chi connectivity index (χ4v) is 1.96. The Morgan fingerprint density at radius 3 is 2.75 bits per heavy atom. The number of nitrogens with zero attached hydrogens (tertiary/aromatic N) is 1. The summed E-state index contributed by atoms with van der Waals surface area (Å²) in [5, 5.41) is 0. The number of hydrogen-bond donors (Lipinski definition) is 0. The van der Waals surface area contributed by atoms with E-state index < -0.39 is 0 Å². The van der Waals surface area contributed by atoms with Gasteiger partial charge in [-0.2, -0.15) is 0 Å². The molecule has 0 spiro atoms. The number of carbonyl (C=O) groups excluding carboxylic acids is 1. The van der Waals surface area contributed by atoms with E-state index in [1.807, 2.05) is 37.1 Å². The summed E-state index contributed by atoms with van der Waals surface area (Å²) in [6.45, 7) is 5.79. The second-order valence-corrected chi connectivity index (χ2v) is 4.39. The van der Waals surface area contributed by atoms with E-state index in [2.05, 4.69) is 6.58 Å². The van der Waals surface area contributed by atoms with Gasteiger partial charge in [0.05, 0.1) is 0 Å². The van der Waals surface area contributed by atoms with Gasteiger partial charge in [-0.3, -0.25) is 4.79 Å². The number of amides is 1. The minimum Gasteiger partial charge on any atom is -0.339 e. The lowest BCUT2D eigenvalue weighted by atomic mass is 10.0. The monoisotopic (exact) mass is 215 g/mol. The van der Waals surface area contributed by atoms with Gasteiger partial charge < -0.3 is 4.90 Å². The van der Waals surface area contributed by atoms with E-state index >= 15 is 0 Å². The van der Waals surface area contributed by atoms with Crippen LogP contribution in [-0.4, -0.2) is 23.9 Å². The molecule has 0 unspecified atom stereocenters. The summed E-state index contributed by atoms with van der Waals surface area (Å²) in [5.74, 6) is 0.112. The Kier molecular flexibility index (Phi) is 2.82. The zero-order valence-electron chi connectivity index (χ0n) is 9.86. The van der Waals surface area contributed by atoms with Gasteiger partial charge in [0.2, 0.25) is 0 Å². The van der Waals surface area contributed by atoms with Crippen molar-refractivity contribution in [3.8, 4) is 0 Å². The molecule has 2 heteroatoms. The molecule has 0 aromatic heterocycles. The van der Waals surface area contributed by atoms with Gasteiger partial charge in [0.25, 0.3) is 5.91 Å². The van der Waals surface area contributed by atoms with E-state index in [9.17, 15) is 4.79 Å². The average molecular weight is 215 g/mol. The molecule has 0 atom stereocenters. The third-order valence-corrected chi connectivity index (χ3v) is 3.17. The molecule has 0 N–H and O–H groups in total. The van der Waals surface area contributed by atoms with E-state index in [1.54, 1.807) is 6.08 Å². The van der Waals surface area contributed by atoms with Crippen molar-refractivity contribution in [2.45, 2.75) is 25.8 Å². The molecule has 2 nitrogen and oxygen atoms in total. The van der Waals surface area contributed by atoms with Crippen LogP contribution in [0.15, 0.2) is 24.8 Å². The minimum absolute atomic E-state index is 0.112. The van der Waals surface area contributed by atoms with Crippen LogP contribution in [0.4, 0.5) is 0 Å². The van der Waals surface area contributed by atoms with E-state index in [1.165, 1.54) is 0 Å². The largest absolute Gasteiger partial charge is 0.339 e. The molecule has 1 aromatic rings. The van der Waals surface area contributed by atoms with E-state index in [-0.39, 0.29) is 5.91 Å². The van der Waals surface area contributed by atoms with Crippen molar-refractivity contribution < 1.29 is 4.79 Å². The Morgan fingerprint density at radius 1 is 1.50 bits per heavy atom. The molecular weight excluding hydrogens is 198 g/mol. The van der Waals surface area contributed by atoms with Crippen LogP contribution in [0.1, 0.15) is 34.3 Å². The summed E-state index contributed by atoms with van der Waals surface area (Å²) in [5.41, 5.74) is 2.83. The maximum atomic E-state index is 12.2. The minimum atomic E-state index is 0.112. The Labute approximate surface area is 96.6 Å². The predicted octanol–water partition coefficient (Wildman–Crippen LogP) is 2.87. The number of benzene rings is 1. The molecule has 1 amide bonds. The lowest BCUT2D eigenvalue weighted by molar-refractivity contribution is 0.0785. The highest BCUT2D eigenvalue weighted by Gasteiger charge is 2.30. The van der Waals surface area contributed by atoms with Crippen molar-refractivity contribution >= 4 is 12.0 Å². The van der Waals surface area contributed by atoms with Gasteiger partial charge in [-0.05, 0) is 37.0 Å². The summed E-state index contributed by atoms with van der Waals surface area (Å²) in [6.07, 6.45) is 4.04. The summed E-state index contributed by atoms with van der Waals surface area (Å²) in [4.78, 5) is 14.1. The lowest BCUT2D eigenvalue weighted by Crippen LogP contribution is -2.29. The zero-order chi connectivity index (χ0) is 11.7. The lowest BCUT2D eigenvalue weighted by Gasteiger charge is -2.18. The number of hydrogen-bond acceptors (Lipinski definition) is 1. The maximum absolute atomic E-state index is 12.2. The molecule has 0 saturated heterocycles. The summed E-state index contributed by atoms with van der Waals surface area (Å²) < 4.78 is 0. The third kappa shape index (κ3) is 1.87. The average Bonchev–Trinajstić information content (AvgIpc) is 3.10. The van der Waals surface area contributed by atoms with Gasteiger partial charge in [0.15, 0.2) is 0 Å². The number of rotatable bonds is 3. The van der Waals surface area contributed by atoms with Gasteiger partial charge in [0.1, 0.15) is 0 Å². The summed E-state index contributed by atoms with van der Waals surface area (Å²) in [7, 11) is 1.88. The van der Waals surface area contributed by atoms with Crippen molar-refractivity contribution in [1.29, 1.82) is 0 Å². The van der Waals surface area contributed by atoms with Gasteiger partial charge >= 0.3 is 0 Å². The van der Waals surface area contributed by atoms with E-state index in [0.29, 0.717) is 6.04 Å². The highest BCUT2D eigenvalue weighted by molar-refractivity contribution is 5.98. The molecule has 1 fully saturated rings. The summed E-state index contributed by atoms with van der Waals surface area (Å²) in [6, 6.07) is 6.26. The van der Waals surface area contributed by atoms with Gasteiger partial charge in [0, 0.05) is 18.7 Å². The van der Waals surface area contributed by atoms with Gasteiger partial charge in [-0.1, -0.05) is 24.8 Å². The van der Waals surface area contributed by atoms with Crippen molar-refractivity contribution in [1.82, 2.24) is 4.90 Å². The molecule has 0 aliphatic heterocycles. The van der Waals surface area contributed by atoms with Gasteiger partial charge in [-0.15, -0.1) is 0 Å². The van der Waals surface area contributed by atoms with Crippen molar-refractivity contribution in [3.63, 3.8) is 0 Å². The molecule has 1 aliphatic carbocycles. The fourth-order valence-electron chi connectivity index (χ4n) is 1.96. The molecule has 0 radical (unpaired) electrons. The number of aryl methyl sites for hydroxylation is 1. The highest BCUT2D eigenvalue weighted by atomic mass is 16.2. The first-order valence-corrected chi connectivity index (χ1v) is 5.64. The van der Waals surface area contributed by atoms with Crippen LogP contribution in [0.5, 0.6) is 0 Å². The molecule has 1 aromatic carbocycles. The molecular formula is C14H17NO. The summed E-state index contributed by atoms with van der Waals surface area (Å²) >= 11 is 0. The van der Waals surface area contributed by atoms with Crippen molar-refractivity contribution in [2.75, 3.05) is 7.05 Å². The predicted molar refractivity (Wildman–Crippen MR) is 66.4 cm³/mol. The fraction of sp³-hybridized carbons (Fsp3) is 0.357. The van der Waals surface area contributed by atoms with Crippen LogP contribution in [0.3, 0.4) is 0 Å². The molecule has 2 rings (SSSR count). The first-order chi connectivity index (χ1) is 7.65. The Hall–Kier alpha value is -1.57. The molecule has 84 valence electrons. The zero-order valence-corrected chi connectivity index (χ0v) is 9.86. The van der Waals surface area contributed by atoms with E-state index in [0.717, 1.165) is 29.5 Å². The second kappa shape index (κ2) is 4.12. The molecule has 1 aliphatic rings. The first-order valence-electron chi connectivity index (χ1n) is 5.64. The van der Waals surface area contributed by atoms with Crippen molar-refractivity contribution in [3.05, 3.63) is 41.5 Å². The second-order valence-electron chi connectivity index (χ2n) is 4.39. The smallest absolute Gasteiger partial charge is 0.254 e. The molecule has 0 bridgehead atoms. The van der Waals surface area contributed by atoms with Crippen LogP contribution in [0, 0.1) is 6.92 Å². The SMILES string of the molecule is C=Cc1c(C)cccc1C(=O)N(C)C1CC1. The first kappa shape index (κ1) is 10.9. The Morgan fingerprint density at radius 2 is 2.19 bits per heavy atom. The topological polar surface area (TPSA) is 20.3 Å². The van der Waals surface area contributed by atoms with Crippen LogP contribution < -0.4 is 0 Å². The molecule has 16 heavy (non-hydrogen) atoms. The number of carbonyl (C=O) groups is 1. The highest BCUT2D eigenvalue weighted by Crippen LogP contribution is 2.28.